The largest absolute Gasteiger partial charge is 0.481 e. The molecule has 1 saturated carbocycles. The number of rotatable bonds is 5. The number of para-hydroxylation sites is 1. The van der Waals surface area contributed by atoms with E-state index in [4.69, 9.17) is 19.3 Å². The molecule has 2 aliphatic heterocycles. The molecular weight excluding hydrogens is 370 g/mol. The van der Waals surface area contributed by atoms with Gasteiger partial charge >= 0.3 is 5.97 Å². The van der Waals surface area contributed by atoms with Crippen molar-refractivity contribution >= 4 is 11.5 Å². The Morgan fingerprint density at radius 3 is 2.76 bits per heavy atom. The first kappa shape index (κ1) is 18.2. The molecule has 1 fully saturated rings. The lowest BCUT2D eigenvalue weighted by molar-refractivity contribution is -0.140. The molecule has 29 heavy (non-hydrogen) atoms. The minimum absolute atomic E-state index is 0.0108. The Labute approximate surface area is 169 Å². The maximum atomic E-state index is 10.9. The van der Waals surface area contributed by atoms with Crippen LogP contribution in [0.4, 0.5) is 0 Å². The Bertz CT molecular complexity index is 979. The van der Waals surface area contributed by atoms with Crippen molar-refractivity contribution in [2.75, 3.05) is 6.61 Å². The summed E-state index contributed by atoms with van der Waals surface area (Å²) in [6.07, 6.45) is 6.73. The summed E-state index contributed by atoms with van der Waals surface area (Å²) in [6, 6.07) is 9.89. The molecule has 0 saturated heterocycles. The second-order valence-corrected chi connectivity index (χ2v) is 8.03. The number of aliphatic carboxylic acids is 1. The van der Waals surface area contributed by atoms with Gasteiger partial charge in [-0.3, -0.25) is 9.78 Å². The third-order valence-corrected chi connectivity index (χ3v) is 5.73. The lowest BCUT2D eigenvalue weighted by Crippen LogP contribution is -2.32. The van der Waals surface area contributed by atoms with Crippen LogP contribution in [0.5, 0.6) is 11.5 Å². The number of carboxylic acid groups (broad SMARTS) is 1. The monoisotopic (exact) mass is 393 g/mol. The van der Waals surface area contributed by atoms with Gasteiger partial charge in [0.2, 0.25) is 0 Å². The van der Waals surface area contributed by atoms with Gasteiger partial charge < -0.3 is 19.3 Å². The van der Waals surface area contributed by atoms with Crippen LogP contribution in [0.2, 0.25) is 0 Å². The average Bonchev–Trinajstić information content (AvgIpc) is 3.49. The molecular formula is C23H23NO5. The molecule has 5 rings (SSSR count). The zero-order valence-electron chi connectivity index (χ0n) is 16.3. The Morgan fingerprint density at radius 2 is 2.10 bits per heavy atom. The van der Waals surface area contributed by atoms with Crippen molar-refractivity contribution in [2.24, 2.45) is 0 Å². The van der Waals surface area contributed by atoms with E-state index in [0.717, 1.165) is 16.8 Å². The highest BCUT2D eigenvalue weighted by molar-refractivity contribution is 5.75. The third-order valence-electron chi connectivity index (χ3n) is 5.73. The molecule has 2 atom stereocenters. The molecule has 1 unspecified atom stereocenters. The van der Waals surface area contributed by atoms with Crippen LogP contribution < -0.4 is 9.47 Å². The molecule has 6 heteroatoms. The smallest absolute Gasteiger partial charge is 0.305 e. The molecule has 6 nitrogen and oxygen atoms in total. The number of ether oxygens (including phenoxy) is 3. The summed E-state index contributed by atoms with van der Waals surface area (Å²) < 4.78 is 18.2. The molecule has 1 aromatic heterocycles. The molecule has 1 N–H and O–H groups in total. The van der Waals surface area contributed by atoms with Crippen LogP contribution in [0, 0.1) is 0 Å². The van der Waals surface area contributed by atoms with Crippen LogP contribution in [0.1, 0.15) is 55.3 Å². The number of carboxylic acids is 1. The van der Waals surface area contributed by atoms with Crippen molar-refractivity contribution < 1.29 is 24.1 Å². The van der Waals surface area contributed by atoms with Crippen molar-refractivity contribution in [2.45, 2.75) is 50.4 Å². The second-order valence-electron chi connectivity index (χ2n) is 8.03. The number of hydrogen-bond donors (Lipinski definition) is 1. The van der Waals surface area contributed by atoms with Crippen LogP contribution in [0.15, 0.2) is 42.6 Å². The SMILES string of the molecule is C[C@@]1(c2ccc(C3CC3)cn2)Oc2cccc(C3=CCC(CC(=O)O)OC3)c2O1. The van der Waals surface area contributed by atoms with Crippen LogP contribution in [0.3, 0.4) is 0 Å². The highest BCUT2D eigenvalue weighted by Crippen LogP contribution is 2.48. The van der Waals surface area contributed by atoms with Gasteiger partial charge in [-0.1, -0.05) is 24.3 Å². The number of pyridine rings is 1. The summed E-state index contributed by atoms with van der Waals surface area (Å²) in [5.74, 6) is 0.172. The van der Waals surface area contributed by atoms with Gasteiger partial charge in [0.15, 0.2) is 11.5 Å². The zero-order valence-corrected chi connectivity index (χ0v) is 16.3. The fourth-order valence-electron chi connectivity index (χ4n) is 3.95. The van der Waals surface area contributed by atoms with Gasteiger partial charge in [0.05, 0.1) is 19.1 Å². The molecule has 3 heterocycles. The van der Waals surface area contributed by atoms with Gasteiger partial charge in [0, 0.05) is 18.7 Å². The summed E-state index contributed by atoms with van der Waals surface area (Å²) in [5, 5.41) is 8.95. The number of carbonyl (C=O) groups is 1. The van der Waals surface area contributed by atoms with E-state index in [1.807, 2.05) is 43.5 Å². The minimum atomic E-state index is -0.984. The Kier molecular flexibility index (Phi) is 4.32. The Balaban J connectivity index is 1.38. The van der Waals surface area contributed by atoms with E-state index in [0.29, 0.717) is 30.4 Å². The predicted octanol–water partition coefficient (Wildman–Crippen LogP) is 4.25. The molecule has 1 aromatic carbocycles. The Morgan fingerprint density at radius 1 is 1.24 bits per heavy atom. The van der Waals surface area contributed by atoms with E-state index in [9.17, 15) is 4.79 Å². The number of aromatic nitrogens is 1. The maximum absolute atomic E-state index is 10.9. The van der Waals surface area contributed by atoms with Crippen LogP contribution in [-0.4, -0.2) is 28.8 Å². The van der Waals surface area contributed by atoms with Gasteiger partial charge in [-0.2, -0.15) is 0 Å². The lowest BCUT2D eigenvalue weighted by Gasteiger charge is -2.24. The molecule has 0 bridgehead atoms. The Hall–Kier alpha value is -2.86. The van der Waals surface area contributed by atoms with Crippen LogP contribution >= 0.6 is 0 Å². The zero-order chi connectivity index (χ0) is 20.0. The van der Waals surface area contributed by atoms with E-state index < -0.39 is 11.8 Å². The lowest BCUT2D eigenvalue weighted by atomic mass is 9.99. The highest BCUT2D eigenvalue weighted by Gasteiger charge is 2.42. The topological polar surface area (TPSA) is 77.9 Å². The first-order valence-electron chi connectivity index (χ1n) is 10.0. The standard InChI is InChI=1S/C23H23NO5/c1-23(20-10-8-15(12-24-20)14-5-6-14)28-19-4-2-3-18(22(19)29-23)16-7-9-17(27-13-16)11-21(25)26/h2-4,7-8,10,12,14,17H,5-6,9,11,13H2,1H3,(H,25,26)/t17?,23-/m1/s1. The molecule has 0 radical (unpaired) electrons. The number of benzene rings is 1. The maximum Gasteiger partial charge on any atom is 0.305 e. The summed E-state index contributed by atoms with van der Waals surface area (Å²) >= 11 is 0. The number of fused-ring (bicyclic) bond motifs is 1. The summed E-state index contributed by atoms with van der Waals surface area (Å²) in [5.41, 5.74) is 3.90. The van der Waals surface area contributed by atoms with Crippen LogP contribution in [-0.2, 0) is 15.3 Å². The molecule has 3 aliphatic rings. The van der Waals surface area contributed by atoms with Crippen molar-refractivity contribution in [1.82, 2.24) is 4.98 Å². The van der Waals surface area contributed by atoms with Gasteiger partial charge in [-0.05, 0) is 48.4 Å². The summed E-state index contributed by atoms with van der Waals surface area (Å²) in [7, 11) is 0. The molecule has 2 aromatic rings. The van der Waals surface area contributed by atoms with E-state index in [2.05, 4.69) is 11.1 Å². The van der Waals surface area contributed by atoms with Gasteiger partial charge in [-0.25, -0.2) is 0 Å². The van der Waals surface area contributed by atoms with E-state index in [1.165, 1.54) is 18.4 Å². The average molecular weight is 393 g/mol. The van der Waals surface area contributed by atoms with Crippen molar-refractivity contribution in [3.63, 3.8) is 0 Å². The van der Waals surface area contributed by atoms with Crippen LogP contribution in [0.25, 0.3) is 5.57 Å². The van der Waals surface area contributed by atoms with E-state index in [1.54, 1.807) is 0 Å². The van der Waals surface area contributed by atoms with Crippen molar-refractivity contribution in [3.05, 3.63) is 59.4 Å². The van der Waals surface area contributed by atoms with E-state index >= 15 is 0 Å². The molecule has 150 valence electrons. The fraction of sp³-hybridized carbons (Fsp3) is 0.391. The highest BCUT2D eigenvalue weighted by atomic mass is 16.7. The third kappa shape index (κ3) is 3.49. The number of nitrogens with zero attached hydrogens (tertiary/aromatic N) is 1. The predicted molar refractivity (Wildman–Crippen MR) is 106 cm³/mol. The van der Waals surface area contributed by atoms with Crippen molar-refractivity contribution in [1.29, 1.82) is 0 Å². The number of hydrogen-bond acceptors (Lipinski definition) is 5. The van der Waals surface area contributed by atoms with Gasteiger partial charge in [0.25, 0.3) is 5.79 Å². The van der Waals surface area contributed by atoms with Gasteiger partial charge in [0.1, 0.15) is 5.69 Å². The van der Waals surface area contributed by atoms with E-state index in [-0.39, 0.29) is 12.5 Å². The normalized spacial score (nSPS) is 25.6. The quantitative estimate of drug-likeness (QED) is 0.818. The second kappa shape index (κ2) is 6.88. The molecule has 0 amide bonds. The summed E-state index contributed by atoms with van der Waals surface area (Å²) in [4.78, 5) is 15.5. The first-order valence-corrected chi connectivity index (χ1v) is 10.0. The first-order chi connectivity index (χ1) is 14.0. The molecule has 0 spiro atoms. The molecule has 1 aliphatic carbocycles. The fourth-order valence-corrected chi connectivity index (χ4v) is 3.95. The van der Waals surface area contributed by atoms with Crippen molar-refractivity contribution in [3.8, 4) is 11.5 Å². The minimum Gasteiger partial charge on any atom is -0.481 e. The summed E-state index contributed by atoms with van der Waals surface area (Å²) in [6.45, 7) is 2.23. The van der Waals surface area contributed by atoms with Gasteiger partial charge in [-0.15, -0.1) is 0 Å².